The second-order valence-electron chi connectivity index (χ2n) is 6.48. The lowest BCUT2D eigenvalue weighted by Crippen LogP contribution is -2.26. The van der Waals surface area contributed by atoms with E-state index in [1.165, 1.54) is 24.5 Å². The highest BCUT2D eigenvalue weighted by Gasteiger charge is 2.34. The van der Waals surface area contributed by atoms with Crippen LogP contribution in [0.4, 0.5) is 24.5 Å². The van der Waals surface area contributed by atoms with Gasteiger partial charge in [-0.05, 0) is 45.0 Å². The molecule has 4 nitrogen and oxygen atoms in total. The smallest absolute Gasteiger partial charge is 0.379 e. The minimum atomic E-state index is -4.64. The minimum Gasteiger partial charge on any atom is -0.379 e. The van der Waals surface area contributed by atoms with E-state index in [-0.39, 0.29) is 21.8 Å². The summed E-state index contributed by atoms with van der Waals surface area (Å²) in [6.45, 7) is 5.80. The molecule has 0 fully saturated rings. The van der Waals surface area contributed by atoms with Crippen LogP contribution in [0.3, 0.4) is 0 Å². The van der Waals surface area contributed by atoms with Crippen LogP contribution in [0.25, 0.3) is 0 Å². The summed E-state index contributed by atoms with van der Waals surface area (Å²) in [5.74, 6) is -0.696. The number of halogens is 4. The molecule has 8 heteroatoms. The molecule has 1 heterocycles. The fraction of sp³-hybridized carbons (Fsp3) is 0.294. The van der Waals surface area contributed by atoms with Crippen LogP contribution in [0, 0.1) is 0 Å². The molecule has 2 rings (SSSR count). The minimum absolute atomic E-state index is 0.0663. The van der Waals surface area contributed by atoms with Crippen LogP contribution in [0.15, 0.2) is 36.7 Å². The maximum absolute atomic E-state index is 13.1. The van der Waals surface area contributed by atoms with Gasteiger partial charge >= 0.3 is 6.18 Å². The summed E-state index contributed by atoms with van der Waals surface area (Å²) >= 11 is 5.63. The molecule has 0 aliphatic rings. The third-order valence-electron chi connectivity index (χ3n) is 3.05. The molecular formula is C17H17ClF3N3O. The molecule has 0 bridgehead atoms. The van der Waals surface area contributed by atoms with Crippen LogP contribution >= 0.6 is 11.6 Å². The molecule has 2 aromatic rings. The van der Waals surface area contributed by atoms with E-state index in [0.717, 1.165) is 12.1 Å². The second kappa shape index (κ2) is 6.92. The van der Waals surface area contributed by atoms with Crippen molar-refractivity contribution in [1.29, 1.82) is 0 Å². The molecule has 2 N–H and O–H groups in total. The van der Waals surface area contributed by atoms with Crippen LogP contribution in [-0.2, 0) is 6.18 Å². The lowest BCUT2D eigenvalue weighted by Gasteiger charge is -2.22. The molecule has 0 radical (unpaired) electrons. The second-order valence-corrected chi connectivity index (χ2v) is 6.92. The number of nitrogens with zero attached hydrogens (tertiary/aromatic N) is 1. The number of amides is 1. The molecular weight excluding hydrogens is 355 g/mol. The van der Waals surface area contributed by atoms with E-state index >= 15 is 0 Å². The number of carbonyl (C=O) groups excluding carboxylic acids is 1. The predicted octanol–water partition coefficient (Wildman–Crippen LogP) is 5.22. The molecule has 0 aliphatic carbocycles. The van der Waals surface area contributed by atoms with Gasteiger partial charge in [0.1, 0.15) is 0 Å². The molecule has 0 atom stereocenters. The summed E-state index contributed by atoms with van der Waals surface area (Å²) < 4.78 is 39.3. The first kappa shape index (κ1) is 19.1. The molecule has 0 unspecified atom stereocenters. The van der Waals surface area contributed by atoms with Crippen LogP contribution in [-0.4, -0.2) is 16.4 Å². The van der Waals surface area contributed by atoms with Crippen LogP contribution < -0.4 is 10.6 Å². The quantitative estimate of drug-likeness (QED) is 0.778. The number of carbonyl (C=O) groups is 1. The number of alkyl halides is 3. The molecule has 1 aromatic carbocycles. The molecule has 1 aromatic heterocycles. The molecule has 25 heavy (non-hydrogen) atoms. The number of hydrogen-bond acceptors (Lipinski definition) is 3. The Bertz CT molecular complexity index is 785. The lowest BCUT2D eigenvalue weighted by atomic mass is 10.1. The average Bonchev–Trinajstić information content (AvgIpc) is 2.46. The van der Waals surface area contributed by atoms with Crippen molar-refractivity contribution in [2.45, 2.75) is 32.5 Å². The Balaban J connectivity index is 2.28. The van der Waals surface area contributed by atoms with Crippen molar-refractivity contribution in [2.75, 3.05) is 10.6 Å². The van der Waals surface area contributed by atoms with Gasteiger partial charge in [-0.2, -0.15) is 13.2 Å². The first-order valence-electron chi connectivity index (χ1n) is 7.37. The van der Waals surface area contributed by atoms with E-state index in [4.69, 9.17) is 11.6 Å². The number of rotatable bonds is 3. The number of anilines is 2. The summed E-state index contributed by atoms with van der Waals surface area (Å²) in [6.07, 6.45) is -1.82. The summed E-state index contributed by atoms with van der Waals surface area (Å²) in [5, 5.41) is 5.34. The zero-order chi connectivity index (χ0) is 18.8. The summed E-state index contributed by atoms with van der Waals surface area (Å²) in [4.78, 5) is 16.3. The summed E-state index contributed by atoms with van der Waals surface area (Å²) in [5.41, 5.74) is -0.901. The Morgan fingerprint density at radius 1 is 1.12 bits per heavy atom. The van der Waals surface area contributed by atoms with Gasteiger partial charge in [-0.15, -0.1) is 0 Å². The van der Waals surface area contributed by atoms with Gasteiger partial charge in [0.05, 0.1) is 22.5 Å². The molecule has 134 valence electrons. The molecule has 0 spiro atoms. The number of pyridine rings is 1. The SMILES string of the molecule is CC(C)(C)Nc1cncc(C(=O)Nc2ccc(Cl)cc2C(F)(F)F)c1. The number of hydrogen-bond donors (Lipinski definition) is 2. The highest BCUT2D eigenvalue weighted by Crippen LogP contribution is 2.36. The van der Waals surface area contributed by atoms with Gasteiger partial charge in [0.15, 0.2) is 0 Å². The predicted molar refractivity (Wildman–Crippen MR) is 92.0 cm³/mol. The standard InChI is InChI=1S/C17H17ClF3N3O/c1-16(2,3)24-12-6-10(8-22-9-12)15(25)23-14-5-4-11(18)7-13(14)17(19,20)21/h4-9,24H,1-3H3,(H,23,25). The van der Waals surface area contributed by atoms with Gasteiger partial charge in [-0.1, -0.05) is 11.6 Å². The summed E-state index contributed by atoms with van der Waals surface area (Å²) in [6, 6.07) is 4.69. The van der Waals surface area contributed by atoms with E-state index in [1.807, 2.05) is 20.8 Å². The molecule has 1 amide bonds. The maximum atomic E-state index is 13.1. The Morgan fingerprint density at radius 2 is 1.80 bits per heavy atom. The number of benzene rings is 1. The number of nitrogens with one attached hydrogen (secondary N) is 2. The maximum Gasteiger partial charge on any atom is 0.418 e. The van der Waals surface area contributed by atoms with Crippen LogP contribution in [0.1, 0.15) is 36.7 Å². The fourth-order valence-electron chi connectivity index (χ4n) is 2.12. The third-order valence-corrected chi connectivity index (χ3v) is 3.29. The highest BCUT2D eigenvalue weighted by molar-refractivity contribution is 6.30. The van der Waals surface area contributed by atoms with E-state index in [0.29, 0.717) is 5.69 Å². The summed E-state index contributed by atoms with van der Waals surface area (Å²) in [7, 11) is 0. The first-order valence-corrected chi connectivity index (χ1v) is 7.75. The van der Waals surface area contributed by atoms with Gasteiger partial charge in [-0.25, -0.2) is 0 Å². The Labute approximate surface area is 148 Å². The van der Waals surface area contributed by atoms with Crippen molar-refractivity contribution in [2.24, 2.45) is 0 Å². The Morgan fingerprint density at radius 3 is 2.40 bits per heavy atom. The van der Waals surface area contributed by atoms with E-state index in [9.17, 15) is 18.0 Å². The zero-order valence-corrected chi connectivity index (χ0v) is 14.6. The fourth-order valence-corrected chi connectivity index (χ4v) is 2.29. The lowest BCUT2D eigenvalue weighted by molar-refractivity contribution is -0.136. The van der Waals surface area contributed by atoms with Crippen molar-refractivity contribution in [3.8, 4) is 0 Å². The first-order chi connectivity index (χ1) is 11.5. The largest absolute Gasteiger partial charge is 0.418 e. The van der Waals surface area contributed by atoms with Crippen molar-refractivity contribution >= 4 is 28.9 Å². The van der Waals surface area contributed by atoms with Gasteiger partial charge < -0.3 is 10.6 Å². The number of aromatic nitrogens is 1. The van der Waals surface area contributed by atoms with Crippen molar-refractivity contribution in [1.82, 2.24) is 4.98 Å². The molecule has 0 saturated heterocycles. The highest BCUT2D eigenvalue weighted by atomic mass is 35.5. The Hall–Kier alpha value is -2.28. The van der Waals surface area contributed by atoms with E-state index < -0.39 is 17.6 Å². The van der Waals surface area contributed by atoms with Gasteiger partial charge in [0.2, 0.25) is 0 Å². The van der Waals surface area contributed by atoms with Gasteiger partial charge in [-0.3, -0.25) is 9.78 Å². The average molecular weight is 372 g/mol. The molecule has 0 aliphatic heterocycles. The van der Waals surface area contributed by atoms with Crippen LogP contribution in [0.5, 0.6) is 0 Å². The zero-order valence-electron chi connectivity index (χ0n) is 13.8. The van der Waals surface area contributed by atoms with E-state index in [2.05, 4.69) is 15.6 Å². The Kier molecular flexibility index (Phi) is 5.27. The normalized spacial score (nSPS) is 12.0. The topological polar surface area (TPSA) is 54.0 Å². The monoisotopic (exact) mass is 371 g/mol. The third kappa shape index (κ3) is 5.35. The van der Waals surface area contributed by atoms with Crippen LogP contribution in [0.2, 0.25) is 5.02 Å². The van der Waals surface area contributed by atoms with Gasteiger partial charge in [0.25, 0.3) is 5.91 Å². The molecule has 0 saturated carbocycles. The van der Waals surface area contributed by atoms with Crippen molar-refractivity contribution in [3.05, 3.63) is 52.8 Å². The van der Waals surface area contributed by atoms with Gasteiger partial charge in [0, 0.05) is 23.0 Å². The van der Waals surface area contributed by atoms with E-state index in [1.54, 1.807) is 0 Å². The van der Waals surface area contributed by atoms with Crippen molar-refractivity contribution < 1.29 is 18.0 Å². The van der Waals surface area contributed by atoms with Crippen molar-refractivity contribution in [3.63, 3.8) is 0 Å².